The monoisotopic (exact) mass is 252 g/mol. The number of nitrogens with zero attached hydrogens (tertiary/aromatic N) is 1. The van der Waals surface area contributed by atoms with Crippen LogP contribution in [0.2, 0.25) is 0 Å². The molecule has 2 atom stereocenters. The van der Waals surface area contributed by atoms with Gasteiger partial charge < -0.3 is 10.2 Å². The maximum atomic E-state index is 12.0. The first-order valence-electron chi connectivity index (χ1n) is 5.17. The van der Waals surface area contributed by atoms with E-state index in [1.807, 2.05) is 18.1 Å². The van der Waals surface area contributed by atoms with Crippen LogP contribution in [0.4, 0.5) is 0 Å². The molecule has 0 aliphatic carbocycles. The topological polar surface area (TPSA) is 32.3 Å². The van der Waals surface area contributed by atoms with E-state index in [0.717, 1.165) is 25.4 Å². The highest BCUT2D eigenvalue weighted by Gasteiger charge is 2.26. The summed E-state index contributed by atoms with van der Waals surface area (Å²) in [5.41, 5.74) is 0. The van der Waals surface area contributed by atoms with Crippen molar-refractivity contribution >= 4 is 30.1 Å². The van der Waals surface area contributed by atoms with E-state index >= 15 is 0 Å². The number of hydrogen-bond donors (Lipinski definition) is 1. The molecule has 1 fully saturated rings. The second-order valence-electron chi connectivity index (χ2n) is 3.94. The Balaban J connectivity index is 0.00000196. The highest BCUT2D eigenvalue weighted by Crippen LogP contribution is 2.12. The zero-order valence-corrected chi connectivity index (χ0v) is 11.3. The molecule has 0 spiro atoms. The number of rotatable bonds is 3. The molecule has 1 unspecified atom stereocenters. The van der Waals surface area contributed by atoms with Crippen molar-refractivity contribution in [3.8, 4) is 0 Å². The molecule has 0 aromatic heterocycles. The zero-order chi connectivity index (χ0) is 10.6. The molecule has 1 aliphatic heterocycles. The lowest BCUT2D eigenvalue weighted by Crippen LogP contribution is -2.53. The van der Waals surface area contributed by atoms with Crippen molar-refractivity contribution in [3.05, 3.63) is 0 Å². The molecule has 0 aromatic carbocycles. The third-order valence-corrected chi connectivity index (χ3v) is 3.46. The van der Waals surface area contributed by atoms with Gasteiger partial charge in [-0.25, -0.2) is 0 Å². The summed E-state index contributed by atoms with van der Waals surface area (Å²) < 4.78 is 0. The first kappa shape index (κ1) is 15.1. The Hall–Kier alpha value is 0.0700. The largest absolute Gasteiger partial charge is 0.337 e. The number of halogens is 1. The molecule has 0 saturated carbocycles. The van der Waals surface area contributed by atoms with Gasteiger partial charge >= 0.3 is 0 Å². The van der Waals surface area contributed by atoms with Gasteiger partial charge in [0.25, 0.3) is 0 Å². The molecule has 1 aliphatic rings. The van der Waals surface area contributed by atoms with E-state index in [9.17, 15) is 4.79 Å². The molecule has 15 heavy (non-hydrogen) atoms. The average molecular weight is 253 g/mol. The minimum atomic E-state index is 0. The second-order valence-corrected chi connectivity index (χ2v) is 4.85. The van der Waals surface area contributed by atoms with Crippen molar-refractivity contribution < 1.29 is 4.79 Å². The Morgan fingerprint density at radius 3 is 2.87 bits per heavy atom. The minimum Gasteiger partial charge on any atom is -0.337 e. The number of amides is 1. The van der Waals surface area contributed by atoms with Crippen LogP contribution < -0.4 is 5.32 Å². The highest BCUT2D eigenvalue weighted by molar-refractivity contribution is 7.98. The lowest BCUT2D eigenvalue weighted by atomic mass is 10.1. The SMILES string of the molecule is CSCC(C)C(=O)N1CCNC[C@H]1C.Cl. The summed E-state index contributed by atoms with van der Waals surface area (Å²) in [7, 11) is 0. The van der Waals surface area contributed by atoms with Gasteiger partial charge in [0.2, 0.25) is 5.91 Å². The fourth-order valence-corrected chi connectivity index (χ4v) is 2.42. The first-order chi connectivity index (χ1) is 6.66. The molecule has 1 N–H and O–H groups in total. The Morgan fingerprint density at radius 2 is 2.33 bits per heavy atom. The van der Waals surface area contributed by atoms with E-state index in [1.165, 1.54) is 0 Å². The van der Waals surface area contributed by atoms with Gasteiger partial charge in [-0.05, 0) is 13.2 Å². The smallest absolute Gasteiger partial charge is 0.226 e. The zero-order valence-electron chi connectivity index (χ0n) is 9.66. The third kappa shape index (κ3) is 4.21. The molecule has 3 nitrogen and oxygen atoms in total. The van der Waals surface area contributed by atoms with Gasteiger partial charge in [0.1, 0.15) is 0 Å². The molecule has 1 amide bonds. The Labute approximate surface area is 103 Å². The quantitative estimate of drug-likeness (QED) is 0.820. The molecule has 0 aromatic rings. The van der Waals surface area contributed by atoms with Crippen molar-refractivity contribution in [2.45, 2.75) is 19.9 Å². The van der Waals surface area contributed by atoms with Crippen LogP contribution in [0.25, 0.3) is 0 Å². The van der Waals surface area contributed by atoms with Crippen molar-refractivity contribution in [2.24, 2.45) is 5.92 Å². The second kappa shape index (κ2) is 7.36. The van der Waals surface area contributed by atoms with Gasteiger partial charge in [-0.2, -0.15) is 11.8 Å². The van der Waals surface area contributed by atoms with Crippen molar-refractivity contribution in [1.29, 1.82) is 0 Å². The Bertz CT molecular complexity index is 204. The Kier molecular flexibility index (Phi) is 7.40. The summed E-state index contributed by atoms with van der Waals surface area (Å²) in [4.78, 5) is 14.0. The van der Waals surface area contributed by atoms with Gasteiger partial charge in [-0.1, -0.05) is 6.92 Å². The van der Waals surface area contributed by atoms with Crippen LogP contribution >= 0.6 is 24.2 Å². The van der Waals surface area contributed by atoms with Crippen LogP contribution in [-0.4, -0.2) is 48.5 Å². The molecule has 5 heteroatoms. The van der Waals surface area contributed by atoms with E-state index in [-0.39, 0.29) is 18.3 Å². The number of piperazine rings is 1. The standard InChI is InChI=1S/C10H20N2OS.ClH/c1-8(7-14-3)10(13)12-5-4-11-6-9(12)2;/h8-9,11H,4-7H2,1-3H3;1H/t8?,9-;/m1./s1. The average Bonchev–Trinajstić information content (AvgIpc) is 2.18. The molecule has 0 radical (unpaired) electrons. The lowest BCUT2D eigenvalue weighted by Gasteiger charge is -2.35. The van der Waals surface area contributed by atoms with E-state index in [0.29, 0.717) is 11.9 Å². The van der Waals surface area contributed by atoms with Gasteiger partial charge in [-0.3, -0.25) is 4.79 Å². The maximum absolute atomic E-state index is 12.0. The number of carbonyl (C=O) groups excluding carboxylic acids is 1. The van der Waals surface area contributed by atoms with Crippen LogP contribution in [0.3, 0.4) is 0 Å². The molecule has 0 bridgehead atoms. The fourth-order valence-electron chi connectivity index (χ4n) is 1.77. The summed E-state index contributed by atoms with van der Waals surface area (Å²) >= 11 is 1.74. The van der Waals surface area contributed by atoms with Gasteiger partial charge in [-0.15, -0.1) is 12.4 Å². The molecule has 1 heterocycles. The van der Waals surface area contributed by atoms with Crippen LogP contribution in [0.1, 0.15) is 13.8 Å². The molecule has 90 valence electrons. The minimum absolute atomic E-state index is 0. The summed E-state index contributed by atoms with van der Waals surface area (Å²) in [6.45, 7) is 6.85. The molecule has 1 rings (SSSR count). The van der Waals surface area contributed by atoms with E-state index < -0.39 is 0 Å². The van der Waals surface area contributed by atoms with E-state index in [2.05, 4.69) is 12.2 Å². The highest BCUT2D eigenvalue weighted by atomic mass is 35.5. The predicted octanol–water partition coefficient (Wildman–Crippen LogP) is 1.23. The fraction of sp³-hybridized carbons (Fsp3) is 0.900. The number of carbonyl (C=O) groups is 1. The van der Waals surface area contributed by atoms with Crippen LogP contribution in [0, 0.1) is 5.92 Å². The van der Waals surface area contributed by atoms with Gasteiger partial charge in [0, 0.05) is 37.3 Å². The van der Waals surface area contributed by atoms with Crippen molar-refractivity contribution in [2.75, 3.05) is 31.6 Å². The van der Waals surface area contributed by atoms with Crippen LogP contribution in [0.5, 0.6) is 0 Å². The van der Waals surface area contributed by atoms with Gasteiger partial charge in [0.15, 0.2) is 0 Å². The van der Waals surface area contributed by atoms with Crippen LogP contribution in [-0.2, 0) is 4.79 Å². The Morgan fingerprint density at radius 1 is 1.67 bits per heavy atom. The van der Waals surface area contributed by atoms with Gasteiger partial charge in [0.05, 0.1) is 0 Å². The molecule has 1 saturated heterocycles. The summed E-state index contributed by atoms with van der Waals surface area (Å²) in [6.07, 6.45) is 2.05. The number of thioether (sulfide) groups is 1. The number of hydrogen-bond acceptors (Lipinski definition) is 3. The lowest BCUT2D eigenvalue weighted by molar-refractivity contribution is -0.137. The van der Waals surface area contributed by atoms with E-state index in [4.69, 9.17) is 0 Å². The number of nitrogens with one attached hydrogen (secondary N) is 1. The third-order valence-electron chi connectivity index (χ3n) is 2.62. The van der Waals surface area contributed by atoms with Crippen molar-refractivity contribution in [1.82, 2.24) is 10.2 Å². The van der Waals surface area contributed by atoms with E-state index in [1.54, 1.807) is 11.8 Å². The summed E-state index contributed by atoms with van der Waals surface area (Å²) in [5, 5.41) is 3.29. The van der Waals surface area contributed by atoms with Crippen molar-refractivity contribution in [3.63, 3.8) is 0 Å². The summed E-state index contributed by atoms with van der Waals surface area (Å²) in [6, 6.07) is 0.348. The molecular weight excluding hydrogens is 232 g/mol. The predicted molar refractivity (Wildman–Crippen MR) is 68.8 cm³/mol. The maximum Gasteiger partial charge on any atom is 0.226 e. The first-order valence-corrected chi connectivity index (χ1v) is 6.56. The summed E-state index contributed by atoms with van der Waals surface area (Å²) in [5.74, 6) is 1.40. The normalized spacial score (nSPS) is 23.1. The molecular formula is C10H21ClN2OS. The van der Waals surface area contributed by atoms with Crippen LogP contribution in [0.15, 0.2) is 0 Å².